The summed E-state index contributed by atoms with van der Waals surface area (Å²) < 4.78 is 13.1. The van der Waals surface area contributed by atoms with Gasteiger partial charge in [-0.3, -0.25) is 10.1 Å². The van der Waals surface area contributed by atoms with Gasteiger partial charge in [-0.05, 0) is 43.2 Å². The third kappa shape index (κ3) is 3.23. The van der Waals surface area contributed by atoms with Crippen molar-refractivity contribution in [3.05, 3.63) is 39.7 Å². The molecule has 0 radical (unpaired) electrons. The van der Waals surface area contributed by atoms with E-state index in [9.17, 15) is 19.6 Å². The van der Waals surface area contributed by atoms with Crippen molar-refractivity contribution in [3.63, 3.8) is 0 Å². The molecule has 1 unspecified atom stereocenters. The first-order valence-electron chi connectivity index (χ1n) is 5.68. The van der Waals surface area contributed by atoms with Crippen molar-refractivity contribution < 1.29 is 14.4 Å². The Bertz CT molecular complexity index is 432. The number of hydrogen-bond donors (Lipinski definition) is 1. The number of aliphatic hydroxyl groups is 1. The number of rotatable bonds is 5. The van der Waals surface area contributed by atoms with E-state index in [4.69, 9.17) is 0 Å². The molecular formula is C12H14FNO3. The van der Waals surface area contributed by atoms with Crippen molar-refractivity contribution in [2.45, 2.75) is 31.8 Å². The molecule has 1 atom stereocenters. The Hall–Kier alpha value is -1.49. The second-order valence-electron chi connectivity index (χ2n) is 4.52. The van der Waals surface area contributed by atoms with Crippen LogP contribution < -0.4 is 0 Å². The molecule has 1 saturated carbocycles. The van der Waals surface area contributed by atoms with Crippen LogP contribution in [0.2, 0.25) is 0 Å². The predicted octanol–water partition coefficient (Wildman–Crippen LogP) is 2.44. The van der Waals surface area contributed by atoms with Crippen LogP contribution in [0.4, 0.5) is 10.1 Å². The summed E-state index contributed by atoms with van der Waals surface area (Å²) in [6.07, 6.45) is 2.73. The summed E-state index contributed by atoms with van der Waals surface area (Å²) in [4.78, 5) is 9.94. The molecule has 0 bridgehead atoms. The van der Waals surface area contributed by atoms with Crippen LogP contribution in [0.25, 0.3) is 0 Å². The molecule has 1 aliphatic carbocycles. The maximum atomic E-state index is 13.1. The molecule has 0 saturated heterocycles. The van der Waals surface area contributed by atoms with Crippen LogP contribution >= 0.6 is 0 Å². The Balaban J connectivity index is 2.01. The molecular weight excluding hydrogens is 225 g/mol. The Kier molecular flexibility index (Phi) is 3.38. The van der Waals surface area contributed by atoms with Crippen molar-refractivity contribution in [3.8, 4) is 0 Å². The summed E-state index contributed by atoms with van der Waals surface area (Å²) in [5.41, 5.74) is 0.331. The van der Waals surface area contributed by atoms with E-state index in [1.807, 2.05) is 0 Å². The largest absolute Gasteiger partial charge is 0.393 e. The maximum Gasteiger partial charge on any atom is 0.272 e. The normalized spacial score (nSPS) is 16.8. The van der Waals surface area contributed by atoms with Crippen LogP contribution in [0.15, 0.2) is 18.2 Å². The van der Waals surface area contributed by atoms with Crippen LogP contribution in [0.3, 0.4) is 0 Å². The number of nitro groups is 1. The first kappa shape index (κ1) is 12.0. The van der Waals surface area contributed by atoms with Gasteiger partial charge >= 0.3 is 0 Å². The number of halogens is 1. The first-order valence-corrected chi connectivity index (χ1v) is 5.68. The van der Waals surface area contributed by atoms with Crippen molar-refractivity contribution in [1.29, 1.82) is 0 Å². The van der Waals surface area contributed by atoms with Crippen LogP contribution in [-0.2, 0) is 6.42 Å². The quantitative estimate of drug-likeness (QED) is 0.634. The molecule has 1 N–H and O–H groups in total. The highest BCUT2D eigenvalue weighted by Crippen LogP contribution is 2.34. The zero-order chi connectivity index (χ0) is 12.4. The molecule has 0 aromatic heterocycles. The maximum absolute atomic E-state index is 13.1. The van der Waals surface area contributed by atoms with E-state index in [2.05, 4.69) is 0 Å². The molecule has 0 spiro atoms. The Labute approximate surface area is 98.2 Å². The van der Waals surface area contributed by atoms with Gasteiger partial charge in [-0.1, -0.05) is 0 Å². The molecule has 1 aliphatic rings. The van der Waals surface area contributed by atoms with Crippen LogP contribution in [0, 0.1) is 21.8 Å². The fourth-order valence-corrected chi connectivity index (χ4v) is 1.91. The average molecular weight is 239 g/mol. The number of aryl methyl sites for hydroxylation is 1. The second-order valence-corrected chi connectivity index (χ2v) is 4.52. The molecule has 1 fully saturated rings. The summed E-state index contributed by atoms with van der Waals surface area (Å²) in [5, 5.41) is 20.2. The zero-order valence-corrected chi connectivity index (χ0v) is 9.30. The summed E-state index contributed by atoms with van der Waals surface area (Å²) in [6, 6.07) is 3.55. The van der Waals surface area contributed by atoms with Gasteiger partial charge in [0.25, 0.3) is 5.69 Å². The van der Waals surface area contributed by atoms with E-state index < -0.39 is 10.7 Å². The number of non-ortho nitro benzene ring substituents is 1. The van der Waals surface area contributed by atoms with Crippen molar-refractivity contribution in [1.82, 2.24) is 0 Å². The van der Waals surface area contributed by atoms with Crippen molar-refractivity contribution >= 4 is 5.69 Å². The standard InChI is InChI=1S/C12H14FNO3/c13-10-5-8(6-11(7-10)14(16)17)1-4-12(15)9-2-3-9/h5-7,9,12,15H,1-4H2. The van der Waals surface area contributed by atoms with E-state index in [0.717, 1.165) is 18.9 Å². The minimum atomic E-state index is -0.607. The van der Waals surface area contributed by atoms with E-state index in [1.54, 1.807) is 0 Å². The highest BCUT2D eigenvalue weighted by atomic mass is 19.1. The van der Waals surface area contributed by atoms with Gasteiger partial charge in [-0.25, -0.2) is 4.39 Å². The van der Waals surface area contributed by atoms with E-state index in [0.29, 0.717) is 24.3 Å². The lowest BCUT2D eigenvalue weighted by molar-refractivity contribution is -0.385. The minimum Gasteiger partial charge on any atom is -0.393 e. The van der Waals surface area contributed by atoms with Crippen molar-refractivity contribution in [2.24, 2.45) is 5.92 Å². The van der Waals surface area contributed by atoms with E-state index >= 15 is 0 Å². The fraction of sp³-hybridized carbons (Fsp3) is 0.500. The summed E-state index contributed by atoms with van der Waals surface area (Å²) >= 11 is 0. The van der Waals surface area contributed by atoms with Gasteiger partial charge in [0.2, 0.25) is 0 Å². The van der Waals surface area contributed by atoms with Gasteiger partial charge in [-0.15, -0.1) is 0 Å². The summed E-state index contributed by atoms with van der Waals surface area (Å²) in [7, 11) is 0. The van der Waals surface area contributed by atoms with Gasteiger partial charge in [0.15, 0.2) is 0 Å². The molecule has 0 aliphatic heterocycles. The minimum absolute atomic E-state index is 0.235. The zero-order valence-electron chi connectivity index (χ0n) is 9.30. The molecule has 4 nitrogen and oxygen atoms in total. The lowest BCUT2D eigenvalue weighted by atomic mass is 10.0. The van der Waals surface area contributed by atoms with Crippen molar-refractivity contribution in [2.75, 3.05) is 0 Å². The topological polar surface area (TPSA) is 63.4 Å². The highest BCUT2D eigenvalue weighted by molar-refractivity contribution is 5.35. The highest BCUT2D eigenvalue weighted by Gasteiger charge is 2.29. The monoisotopic (exact) mass is 239 g/mol. The summed E-state index contributed by atoms with van der Waals surface area (Å²) in [6.45, 7) is 0. The third-order valence-corrected chi connectivity index (χ3v) is 3.05. The number of nitro benzene ring substituents is 1. The fourth-order valence-electron chi connectivity index (χ4n) is 1.91. The van der Waals surface area contributed by atoms with E-state index in [1.165, 1.54) is 12.1 Å². The SMILES string of the molecule is O=[N+]([O-])c1cc(F)cc(CCC(O)C2CC2)c1. The lowest BCUT2D eigenvalue weighted by Gasteiger charge is -2.08. The second kappa shape index (κ2) is 4.79. The molecule has 92 valence electrons. The Morgan fingerprint density at radius 3 is 2.76 bits per heavy atom. The van der Waals surface area contributed by atoms with Gasteiger partial charge < -0.3 is 5.11 Å². The third-order valence-electron chi connectivity index (χ3n) is 3.05. The Morgan fingerprint density at radius 2 is 2.18 bits per heavy atom. The molecule has 1 aromatic carbocycles. The number of hydrogen-bond acceptors (Lipinski definition) is 3. The van der Waals surface area contributed by atoms with Crippen LogP contribution in [-0.4, -0.2) is 16.1 Å². The molecule has 1 aromatic rings. The molecule has 17 heavy (non-hydrogen) atoms. The summed E-state index contributed by atoms with van der Waals surface area (Å²) in [5.74, 6) is -0.228. The lowest BCUT2D eigenvalue weighted by Crippen LogP contribution is -2.10. The molecule has 5 heteroatoms. The van der Waals surface area contributed by atoms with Crippen LogP contribution in [0.5, 0.6) is 0 Å². The Morgan fingerprint density at radius 1 is 1.47 bits per heavy atom. The molecule has 0 heterocycles. The van der Waals surface area contributed by atoms with Gasteiger partial charge in [0, 0.05) is 6.07 Å². The van der Waals surface area contributed by atoms with E-state index in [-0.39, 0.29) is 11.8 Å². The molecule has 2 rings (SSSR count). The number of benzene rings is 1. The van der Waals surface area contributed by atoms with Gasteiger partial charge in [0.1, 0.15) is 5.82 Å². The van der Waals surface area contributed by atoms with Crippen LogP contribution in [0.1, 0.15) is 24.8 Å². The number of nitrogens with zero attached hydrogens (tertiary/aromatic N) is 1. The predicted molar refractivity (Wildman–Crippen MR) is 60.1 cm³/mol. The first-order chi connectivity index (χ1) is 8.06. The average Bonchev–Trinajstić information content (AvgIpc) is 3.08. The smallest absolute Gasteiger partial charge is 0.272 e. The van der Waals surface area contributed by atoms with Gasteiger partial charge in [-0.2, -0.15) is 0 Å². The molecule has 0 amide bonds. The van der Waals surface area contributed by atoms with Gasteiger partial charge in [0.05, 0.1) is 17.1 Å². The number of aliphatic hydroxyl groups excluding tert-OH is 1.